The second-order valence-electron chi connectivity index (χ2n) is 25.8. The molecule has 1 N–H and O–H groups in total. The molecule has 18 nitrogen and oxygen atoms in total. The van der Waals surface area contributed by atoms with E-state index < -0.39 is 5.63 Å². The zero-order valence-corrected chi connectivity index (χ0v) is 56.2. The average Bonchev–Trinajstić information content (AvgIpc) is 1.61. The van der Waals surface area contributed by atoms with E-state index in [0.29, 0.717) is 50.5 Å². The van der Waals surface area contributed by atoms with Crippen LogP contribution in [-0.2, 0) is 9.31 Å². The zero-order chi connectivity index (χ0) is 65.7. The maximum absolute atomic E-state index is 12.7. The summed E-state index contributed by atoms with van der Waals surface area (Å²) in [5.41, 5.74) is 17.0. The van der Waals surface area contributed by atoms with Crippen molar-refractivity contribution in [3.63, 3.8) is 0 Å². The second kappa shape index (κ2) is 25.9. The second-order valence-corrected chi connectivity index (χ2v) is 26.7. The molecule has 2 aliphatic heterocycles. The Kier molecular flexibility index (Phi) is 17.5. The molecule has 11 heterocycles. The van der Waals surface area contributed by atoms with Gasteiger partial charge in [0.25, 0.3) is 0 Å². The quantitative estimate of drug-likeness (QED) is 0.121. The van der Waals surface area contributed by atoms with Crippen molar-refractivity contribution in [3.8, 4) is 33.8 Å². The summed E-state index contributed by atoms with van der Waals surface area (Å²) >= 11 is 3.37. The topological polar surface area (TPSA) is 212 Å². The number of hydrogen-bond acceptors (Lipinski definition) is 15. The number of allylic oxidation sites excluding steroid dienone is 4. The zero-order valence-electron chi connectivity index (χ0n) is 54.6. The molecule has 1 fully saturated rings. The van der Waals surface area contributed by atoms with Crippen molar-refractivity contribution >= 4 is 84.0 Å². The first-order chi connectivity index (χ1) is 45.1. The smallest absolute Gasteiger partial charge is 0.422 e. The van der Waals surface area contributed by atoms with Gasteiger partial charge in [-0.1, -0.05) is 64.5 Å². The third-order valence-corrected chi connectivity index (χ3v) is 18.6. The van der Waals surface area contributed by atoms with Crippen LogP contribution in [0.5, 0.6) is 0 Å². The third-order valence-electron chi connectivity index (χ3n) is 18.2. The van der Waals surface area contributed by atoms with Gasteiger partial charge in [0.05, 0.1) is 79.1 Å². The van der Waals surface area contributed by atoms with Crippen molar-refractivity contribution in [2.75, 3.05) is 13.1 Å². The number of rotatable bonds is 6. The van der Waals surface area contributed by atoms with Crippen molar-refractivity contribution in [2.24, 2.45) is 0 Å². The van der Waals surface area contributed by atoms with E-state index in [4.69, 9.17) is 22.6 Å². The number of aryl methyl sites for hydroxylation is 6. The molecule has 94 heavy (non-hydrogen) atoms. The molecular weight excluding hydrogens is 1250 g/mol. The van der Waals surface area contributed by atoms with Crippen LogP contribution in [-0.4, -0.2) is 74.5 Å². The van der Waals surface area contributed by atoms with Gasteiger partial charge in [-0.05, 0) is 204 Å². The first kappa shape index (κ1) is 63.5. The fourth-order valence-electron chi connectivity index (χ4n) is 12.6. The van der Waals surface area contributed by atoms with Gasteiger partial charge in [-0.2, -0.15) is 0 Å². The van der Waals surface area contributed by atoms with E-state index in [1.165, 1.54) is 48.7 Å². The van der Waals surface area contributed by atoms with E-state index in [1.807, 2.05) is 147 Å². The van der Waals surface area contributed by atoms with E-state index in [-0.39, 0.29) is 29.6 Å². The highest BCUT2D eigenvalue weighted by molar-refractivity contribution is 9.10. The largest absolute Gasteiger partial charge is 0.490 e. The molecule has 3 aromatic carbocycles. The van der Waals surface area contributed by atoms with Gasteiger partial charge in [0, 0.05) is 64.4 Å². The Labute approximate surface area is 551 Å². The summed E-state index contributed by atoms with van der Waals surface area (Å²) in [6.45, 7) is 21.8. The van der Waals surface area contributed by atoms with Crippen molar-refractivity contribution < 1.29 is 22.6 Å². The highest BCUT2D eigenvalue weighted by atomic mass is 79.9. The maximum Gasteiger partial charge on any atom is 0.490 e. The number of halogens is 1. The SMILES string of the molecule is CC1(C)OB(C2=CCCCC2)OC1(C)C.Cc1cn2cc(-c3cc4ccc(Br)cc4oc3=O)nc2c(C)n1.Cc1cn2cc(-c3cc4ccc(C5=CCCCC5)cc4oc3=O)nc2c(C)n1.Cc1cn2cc(-c3cc4ccc(C5=CCNCC5)cc4oc3=O)nc2c(C)n1. The molecule has 0 radical (unpaired) electrons. The number of nitrogens with zero attached hydrogens (tertiary/aromatic N) is 9. The van der Waals surface area contributed by atoms with E-state index >= 15 is 0 Å². The molecule has 0 bridgehead atoms. The minimum atomic E-state index is -0.402. The molecule has 0 spiro atoms. The number of aromatic nitrogens is 9. The summed E-state index contributed by atoms with van der Waals surface area (Å²) in [6.07, 6.45) is 28.6. The van der Waals surface area contributed by atoms with Crippen LogP contribution < -0.4 is 22.2 Å². The molecule has 1 saturated heterocycles. The van der Waals surface area contributed by atoms with E-state index in [2.05, 4.69) is 109 Å². The van der Waals surface area contributed by atoms with Crippen LogP contribution in [0.4, 0.5) is 0 Å². The van der Waals surface area contributed by atoms with E-state index in [9.17, 15) is 14.4 Å². The van der Waals surface area contributed by atoms with E-state index in [1.54, 1.807) is 6.07 Å². The number of hydrogen-bond donors (Lipinski definition) is 1. The van der Waals surface area contributed by atoms with Crippen LogP contribution in [0.1, 0.15) is 131 Å². The fourth-order valence-corrected chi connectivity index (χ4v) is 12.9. The Morgan fingerprint density at radius 2 is 0.883 bits per heavy atom. The monoisotopic (exact) mass is 1320 g/mol. The molecule has 9 aromatic heterocycles. The maximum atomic E-state index is 12.7. The summed E-state index contributed by atoms with van der Waals surface area (Å²) in [6, 6.07) is 23.3. The van der Waals surface area contributed by atoms with Gasteiger partial charge in [-0.15, -0.1) is 0 Å². The van der Waals surface area contributed by atoms with Crippen molar-refractivity contribution in [2.45, 2.75) is 138 Å². The lowest BCUT2D eigenvalue weighted by Gasteiger charge is -2.32. The number of fused-ring (bicyclic) bond motifs is 6. The van der Waals surface area contributed by atoms with Crippen LogP contribution in [0.3, 0.4) is 0 Å². The number of benzene rings is 3. The van der Waals surface area contributed by atoms with Gasteiger partial charge in [0.2, 0.25) is 0 Å². The lowest BCUT2D eigenvalue weighted by atomic mass is 9.73. The van der Waals surface area contributed by atoms with Crippen LogP contribution >= 0.6 is 15.9 Å². The molecule has 0 atom stereocenters. The molecule has 4 aliphatic rings. The van der Waals surface area contributed by atoms with Gasteiger partial charge in [0.1, 0.15) is 16.7 Å². The predicted molar refractivity (Wildman–Crippen MR) is 374 cm³/mol. The normalized spacial score (nSPS) is 16.1. The third kappa shape index (κ3) is 13.2. The Hall–Kier alpha value is -9.21. The summed E-state index contributed by atoms with van der Waals surface area (Å²) in [5, 5.41) is 5.95. The summed E-state index contributed by atoms with van der Waals surface area (Å²) in [7, 11) is -0.102. The molecule has 0 amide bonds. The van der Waals surface area contributed by atoms with E-state index in [0.717, 1.165) is 122 Å². The van der Waals surface area contributed by atoms with Crippen LogP contribution in [0.2, 0.25) is 0 Å². The van der Waals surface area contributed by atoms with Crippen molar-refractivity contribution in [1.29, 1.82) is 0 Å². The molecule has 478 valence electrons. The standard InChI is InChI=1S/C23H21N3O2.C22H20N4O2.C17H12BrN3O2.C12H21BO2/c1-14-12-26-13-20(25-22(26)15(2)24-14)19-10-18-9-8-17(11-21(18)28-23(19)27)16-6-4-3-5-7-16;1-13-11-26-12-19(25-21(26)14(2)24-13)18-9-17-4-3-16(10-20(17)28-22(18)27)15-5-7-23-8-6-15;1-9-7-21-8-14(20-16(21)10(2)19-9)13-5-11-3-4-12(18)6-15(11)23-17(13)22;1-11(2)12(3,4)15-13(14-11)10-8-6-5-7-9-10/h6,8-13H,3-5,7H2,1-2H3;3-5,9-12,23H,6-8H2,1-2H3;3-8H,1-2H3;8H,5-7,9H2,1-4H3. The first-order valence-electron chi connectivity index (χ1n) is 32.1. The number of imidazole rings is 3. The van der Waals surface area contributed by atoms with Crippen LogP contribution in [0, 0.1) is 41.5 Å². The van der Waals surface area contributed by atoms with Gasteiger partial charge in [-0.3, -0.25) is 15.0 Å². The van der Waals surface area contributed by atoms with Crippen molar-refractivity contribution in [1.82, 2.24) is 48.4 Å². The average molecular weight is 1320 g/mol. The minimum Gasteiger partial charge on any atom is -0.422 e. The lowest BCUT2D eigenvalue weighted by Crippen LogP contribution is -2.41. The van der Waals surface area contributed by atoms with Crippen LogP contribution in [0.25, 0.3) is 94.8 Å². The summed E-state index contributed by atoms with van der Waals surface area (Å²) in [4.78, 5) is 64.8. The van der Waals surface area contributed by atoms with Gasteiger partial charge in [-0.25, -0.2) is 29.3 Å². The Morgan fingerprint density at radius 1 is 0.468 bits per heavy atom. The van der Waals surface area contributed by atoms with Gasteiger partial charge >= 0.3 is 24.0 Å². The molecule has 0 saturated carbocycles. The summed E-state index contributed by atoms with van der Waals surface area (Å²) in [5.74, 6) is 0. The molecule has 0 unspecified atom stereocenters. The highest BCUT2D eigenvalue weighted by Crippen LogP contribution is 2.40. The van der Waals surface area contributed by atoms with Gasteiger partial charge in [0.15, 0.2) is 16.9 Å². The molecule has 12 aromatic rings. The van der Waals surface area contributed by atoms with Crippen LogP contribution in [0.15, 0.2) is 166 Å². The predicted octanol–water partition coefficient (Wildman–Crippen LogP) is 15.6. The summed E-state index contributed by atoms with van der Waals surface area (Å²) < 4.78 is 35.4. The molecule has 20 heteroatoms. The lowest BCUT2D eigenvalue weighted by molar-refractivity contribution is 0.00578. The Balaban J connectivity index is 0.000000116. The first-order valence-corrected chi connectivity index (χ1v) is 32.9. The molecule has 2 aliphatic carbocycles. The molecular formula is C74H74BBrN10O8. The molecule has 16 rings (SSSR count). The Morgan fingerprint density at radius 3 is 1.29 bits per heavy atom. The fraction of sp³-hybridized carbons (Fsp3) is 0.311. The Bertz CT molecular complexity index is 5040. The van der Waals surface area contributed by atoms with Crippen molar-refractivity contribution in [3.05, 3.63) is 215 Å². The minimum absolute atomic E-state index is 0.102. The number of nitrogens with one attached hydrogen (secondary N) is 1. The highest BCUT2D eigenvalue weighted by Gasteiger charge is 2.52. The van der Waals surface area contributed by atoms with Gasteiger partial charge < -0.3 is 41.1 Å².